The molecule has 1 N–H and O–H groups in total. The van der Waals surface area contributed by atoms with E-state index >= 15 is 0 Å². The maximum absolute atomic E-state index is 12.1. The maximum Gasteiger partial charge on any atom is 0.168 e. The molecule has 0 aromatic carbocycles. The van der Waals surface area contributed by atoms with Crippen LogP contribution in [-0.4, -0.2) is 22.5 Å². The quantitative estimate of drug-likeness (QED) is 0.418. The highest BCUT2D eigenvalue weighted by Crippen LogP contribution is 2.35. The third kappa shape index (κ3) is 6.18. The van der Waals surface area contributed by atoms with Gasteiger partial charge in [-0.05, 0) is 31.3 Å². The van der Waals surface area contributed by atoms with Crippen LogP contribution in [-0.2, 0) is 4.79 Å². The van der Waals surface area contributed by atoms with Gasteiger partial charge in [0.05, 0.1) is 11.3 Å². The molecular weight excluding hydrogens is 298 g/mol. The molecule has 0 aromatic heterocycles. The topological polar surface area (TPSA) is 49.7 Å². The minimum atomic E-state index is -0.187. The fourth-order valence-electron chi connectivity index (χ4n) is 2.27. The predicted molar refractivity (Wildman–Crippen MR) is 93.6 cm³/mol. The Morgan fingerprint density at radius 2 is 2.14 bits per heavy atom. The van der Waals surface area contributed by atoms with E-state index in [1.165, 1.54) is 6.21 Å². The summed E-state index contributed by atoms with van der Waals surface area (Å²) in [5, 5.41) is 10.1. The molecule has 3 nitrogen and oxygen atoms in total. The summed E-state index contributed by atoms with van der Waals surface area (Å²) < 4.78 is 0. The second-order valence-electron chi connectivity index (χ2n) is 6.52. The van der Waals surface area contributed by atoms with Crippen molar-refractivity contribution in [2.75, 3.05) is 0 Å². The Bertz CT molecular complexity index is 525. The number of allylic oxidation sites excluding steroid dienone is 5. The number of carbonyl (C=O) groups excluding carboxylic acids is 1. The normalized spacial score (nSPS) is 21.1. The number of ketones is 1. The van der Waals surface area contributed by atoms with Crippen molar-refractivity contribution in [1.82, 2.24) is 0 Å². The van der Waals surface area contributed by atoms with Crippen molar-refractivity contribution < 1.29 is 9.90 Å². The molecule has 0 heterocycles. The van der Waals surface area contributed by atoms with Crippen molar-refractivity contribution in [3.05, 3.63) is 35.3 Å². The van der Waals surface area contributed by atoms with Crippen LogP contribution in [0.5, 0.6) is 0 Å². The highest BCUT2D eigenvalue weighted by atomic mass is 35.5. The fourth-order valence-corrected chi connectivity index (χ4v) is 2.36. The van der Waals surface area contributed by atoms with Crippen LogP contribution in [0, 0.1) is 5.41 Å². The number of nitrogens with zero attached hydrogens (tertiary/aromatic N) is 1. The minimum Gasteiger partial charge on any atom is -0.511 e. The molecule has 1 rings (SSSR count). The van der Waals surface area contributed by atoms with Crippen LogP contribution >= 0.6 is 11.6 Å². The van der Waals surface area contributed by atoms with Gasteiger partial charge in [0.1, 0.15) is 5.76 Å². The molecule has 0 bridgehead atoms. The molecule has 0 aliphatic heterocycles. The molecule has 122 valence electrons. The van der Waals surface area contributed by atoms with Crippen molar-refractivity contribution >= 4 is 23.6 Å². The van der Waals surface area contributed by atoms with Gasteiger partial charge in [0, 0.05) is 24.4 Å². The first-order chi connectivity index (χ1) is 10.2. The van der Waals surface area contributed by atoms with E-state index in [4.69, 9.17) is 11.6 Å². The van der Waals surface area contributed by atoms with Gasteiger partial charge >= 0.3 is 0 Å². The monoisotopic (exact) mass is 323 g/mol. The lowest BCUT2D eigenvalue weighted by Crippen LogP contribution is -2.26. The number of halogens is 1. The second-order valence-corrected chi connectivity index (χ2v) is 7.26. The SMILES string of the molecule is CC/C=C\C(=C/CC(C)Cl)N=CC1=C(O)CC(C)(C)CC1=O. The van der Waals surface area contributed by atoms with E-state index in [0.717, 1.165) is 12.1 Å². The largest absolute Gasteiger partial charge is 0.511 e. The van der Waals surface area contributed by atoms with Crippen molar-refractivity contribution in [2.24, 2.45) is 10.4 Å². The third-order valence-corrected chi connectivity index (χ3v) is 3.59. The highest BCUT2D eigenvalue weighted by Gasteiger charge is 2.32. The van der Waals surface area contributed by atoms with E-state index in [1.54, 1.807) is 0 Å². The van der Waals surface area contributed by atoms with Crippen LogP contribution in [0.2, 0.25) is 0 Å². The molecule has 1 aliphatic carbocycles. The number of rotatable bonds is 6. The first-order valence-corrected chi connectivity index (χ1v) is 8.19. The van der Waals surface area contributed by atoms with E-state index in [0.29, 0.717) is 24.8 Å². The van der Waals surface area contributed by atoms with E-state index in [2.05, 4.69) is 4.99 Å². The summed E-state index contributed by atoms with van der Waals surface area (Å²) in [6.07, 6.45) is 9.88. The summed E-state index contributed by atoms with van der Waals surface area (Å²) in [4.78, 5) is 16.5. The van der Waals surface area contributed by atoms with Crippen LogP contribution in [0.1, 0.15) is 53.4 Å². The zero-order valence-corrected chi connectivity index (χ0v) is 14.7. The first kappa shape index (κ1) is 18.7. The Balaban J connectivity index is 2.97. The molecule has 0 spiro atoms. The second kappa shape index (κ2) is 8.33. The van der Waals surface area contributed by atoms with Gasteiger partial charge in [-0.3, -0.25) is 9.79 Å². The molecule has 22 heavy (non-hydrogen) atoms. The van der Waals surface area contributed by atoms with E-state index < -0.39 is 0 Å². The summed E-state index contributed by atoms with van der Waals surface area (Å²) in [6, 6.07) is 0. The summed E-state index contributed by atoms with van der Waals surface area (Å²) in [5.74, 6) is 0.0802. The Hall–Kier alpha value is -1.35. The number of alkyl halides is 1. The molecule has 1 atom stereocenters. The van der Waals surface area contributed by atoms with Gasteiger partial charge in [-0.15, -0.1) is 11.6 Å². The molecule has 0 aromatic rings. The van der Waals surface area contributed by atoms with E-state index in [-0.39, 0.29) is 22.3 Å². The van der Waals surface area contributed by atoms with Gasteiger partial charge in [-0.2, -0.15) is 0 Å². The van der Waals surface area contributed by atoms with E-state index in [1.807, 2.05) is 45.9 Å². The zero-order valence-electron chi connectivity index (χ0n) is 13.9. The average molecular weight is 324 g/mol. The van der Waals surface area contributed by atoms with Crippen molar-refractivity contribution in [3.8, 4) is 0 Å². The molecule has 0 radical (unpaired) electrons. The molecule has 1 aliphatic rings. The number of carbonyl (C=O) groups is 1. The van der Waals surface area contributed by atoms with E-state index in [9.17, 15) is 9.90 Å². The van der Waals surface area contributed by atoms with Crippen molar-refractivity contribution in [3.63, 3.8) is 0 Å². The third-order valence-electron chi connectivity index (χ3n) is 3.42. The number of Topliss-reactive ketones (excluding diaryl/α,β-unsaturated/α-hetero) is 1. The average Bonchev–Trinajstić information content (AvgIpc) is 2.38. The number of aliphatic imine (C=N–C) groups is 1. The Kier molecular flexibility index (Phi) is 7.08. The van der Waals surface area contributed by atoms with Gasteiger partial charge in [0.25, 0.3) is 0 Å². The lowest BCUT2D eigenvalue weighted by molar-refractivity contribution is -0.117. The number of aliphatic hydroxyl groups excluding tert-OH is 1. The summed E-state index contributed by atoms with van der Waals surface area (Å²) >= 11 is 5.96. The van der Waals surface area contributed by atoms with Crippen LogP contribution in [0.4, 0.5) is 0 Å². The van der Waals surface area contributed by atoms with Gasteiger partial charge in [0.2, 0.25) is 0 Å². The van der Waals surface area contributed by atoms with Crippen LogP contribution < -0.4 is 0 Å². The fraction of sp³-hybridized carbons (Fsp3) is 0.556. The van der Waals surface area contributed by atoms with Crippen molar-refractivity contribution in [1.29, 1.82) is 0 Å². The molecule has 0 amide bonds. The van der Waals surface area contributed by atoms with Crippen molar-refractivity contribution in [2.45, 2.75) is 58.8 Å². The Morgan fingerprint density at radius 3 is 2.68 bits per heavy atom. The zero-order chi connectivity index (χ0) is 16.8. The Labute approximate surface area is 138 Å². The molecule has 4 heteroatoms. The van der Waals surface area contributed by atoms with Gasteiger partial charge in [-0.25, -0.2) is 0 Å². The molecule has 0 fully saturated rings. The standard InChI is InChI=1S/C18H26ClNO2/c1-5-6-7-14(9-8-13(2)19)20-12-15-16(21)10-18(3,4)11-17(15)22/h6-7,9,12-13,21H,5,8,10-11H2,1-4H3/b7-6-,14-9+,20-12?. The summed E-state index contributed by atoms with van der Waals surface area (Å²) in [5.41, 5.74) is 0.897. The van der Waals surface area contributed by atoms with Crippen LogP contribution in [0.3, 0.4) is 0 Å². The number of hydrogen-bond acceptors (Lipinski definition) is 3. The van der Waals surface area contributed by atoms with Crippen LogP contribution in [0.15, 0.2) is 40.2 Å². The highest BCUT2D eigenvalue weighted by molar-refractivity contribution is 6.20. The summed E-state index contributed by atoms with van der Waals surface area (Å²) in [7, 11) is 0. The van der Waals surface area contributed by atoms with Crippen LogP contribution in [0.25, 0.3) is 0 Å². The lowest BCUT2D eigenvalue weighted by Gasteiger charge is -2.28. The Morgan fingerprint density at radius 1 is 1.45 bits per heavy atom. The molecular formula is C18H26ClNO2. The molecule has 0 saturated heterocycles. The lowest BCUT2D eigenvalue weighted by atomic mass is 9.77. The predicted octanol–water partition coefficient (Wildman–Crippen LogP) is 5.13. The number of hydrogen-bond donors (Lipinski definition) is 1. The smallest absolute Gasteiger partial charge is 0.168 e. The minimum absolute atomic E-state index is 0.0324. The van der Waals surface area contributed by atoms with Gasteiger partial charge in [-0.1, -0.05) is 32.9 Å². The maximum atomic E-state index is 12.1. The van der Waals surface area contributed by atoms with Gasteiger partial charge < -0.3 is 5.11 Å². The van der Waals surface area contributed by atoms with Gasteiger partial charge in [0.15, 0.2) is 5.78 Å². The molecule has 1 unspecified atom stereocenters. The first-order valence-electron chi connectivity index (χ1n) is 7.75. The summed E-state index contributed by atoms with van der Waals surface area (Å²) in [6.45, 7) is 7.92. The molecule has 0 saturated carbocycles. The number of aliphatic hydroxyl groups is 1.